The van der Waals surface area contributed by atoms with Gasteiger partial charge in [0.15, 0.2) is 5.69 Å². The molecule has 34 heavy (non-hydrogen) atoms. The summed E-state index contributed by atoms with van der Waals surface area (Å²) in [6.07, 6.45) is 3.37. The molecule has 0 unspecified atom stereocenters. The molecule has 1 aliphatic rings. The van der Waals surface area contributed by atoms with Gasteiger partial charge in [-0.1, -0.05) is 24.3 Å². The molecule has 0 atom stereocenters. The number of nitrogens with one attached hydrogen (secondary N) is 1. The Morgan fingerprint density at radius 1 is 1.15 bits per heavy atom. The van der Waals surface area contributed by atoms with Gasteiger partial charge in [0.2, 0.25) is 5.91 Å². The number of carbonyl (C=O) groups excluding carboxylic acids is 2. The van der Waals surface area contributed by atoms with Gasteiger partial charge >= 0.3 is 0 Å². The largest absolute Gasteiger partial charge is 0.494 e. The van der Waals surface area contributed by atoms with Gasteiger partial charge in [-0.15, -0.1) is 0 Å². The number of likely N-dealkylation sites (tertiary alicyclic amines) is 1. The smallest absolute Gasteiger partial charge is 0.274 e. The third-order valence-electron chi connectivity index (χ3n) is 6.19. The number of methoxy groups -OCH3 is 1. The zero-order valence-corrected chi connectivity index (χ0v) is 19.5. The number of ether oxygens (including phenoxy) is 1. The lowest BCUT2D eigenvalue weighted by molar-refractivity contribution is -0.126. The van der Waals surface area contributed by atoms with Gasteiger partial charge < -0.3 is 15.0 Å². The number of hydrogen-bond donors (Lipinski definition) is 1. The minimum absolute atomic E-state index is 0.0424. The van der Waals surface area contributed by atoms with Crippen molar-refractivity contribution in [3.8, 4) is 11.4 Å². The summed E-state index contributed by atoms with van der Waals surface area (Å²) >= 11 is 0. The molecule has 8 heteroatoms. The second kappa shape index (κ2) is 10.5. The van der Waals surface area contributed by atoms with E-state index < -0.39 is 0 Å². The molecule has 7 nitrogen and oxygen atoms in total. The summed E-state index contributed by atoms with van der Waals surface area (Å²) < 4.78 is 20.8. The van der Waals surface area contributed by atoms with E-state index >= 15 is 0 Å². The van der Waals surface area contributed by atoms with Crippen molar-refractivity contribution in [1.82, 2.24) is 20.0 Å². The summed E-state index contributed by atoms with van der Waals surface area (Å²) in [5.74, 6) is 0.0724. The monoisotopic (exact) mass is 464 g/mol. The second-order valence-corrected chi connectivity index (χ2v) is 8.52. The SMILES string of the molecule is COc1ccc(C)cc1-n1ccc(C(=O)N2CCC(C(=O)NCCc3ccccc3F)CC2)n1. The Hall–Kier alpha value is -3.68. The van der Waals surface area contributed by atoms with Crippen LogP contribution in [-0.2, 0) is 11.2 Å². The van der Waals surface area contributed by atoms with Crippen molar-refractivity contribution in [2.24, 2.45) is 5.92 Å². The van der Waals surface area contributed by atoms with Gasteiger partial charge in [0.25, 0.3) is 5.91 Å². The average molecular weight is 465 g/mol. The molecule has 1 aliphatic heterocycles. The number of amides is 2. The fourth-order valence-electron chi connectivity index (χ4n) is 4.22. The first-order chi connectivity index (χ1) is 16.5. The summed E-state index contributed by atoms with van der Waals surface area (Å²) in [6.45, 7) is 3.35. The van der Waals surface area contributed by atoms with Crippen LogP contribution in [0.1, 0.15) is 34.5 Å². The summed E-state index contributed by atoms with van der Waals surface area (Å²) in [4.78, 5) is 27.3. The van der Waals surface area contributed by atoms with E-state index in [1.54, 1.807) is 47.2 Å². The number of hydrogen-bond acceptors (Lipinski definition) is 4. The predicted octanol–water partition coefficient (Wildman–Crippen LogP) is 3.54. The van der Waals surface area contributed by atoms with Crippen molar-refractivity contribution in [2.75, 3.05) is 26.7 Å². The van der Waals surface area contributed by atoms with E-state index in [4.69, 9.17) is 4.74 Å². The van der Waals surface area contributed by atoms with Gasteiger partial charge in [0, 0.05) is 31.7 Å². The number of benzene rings is 2. The standard InChI is InChI=1S/C26H29FN4O3/c1-18-7-8-24(34-2)23(17-18)31-16-12-22(29-31)26(33)30-14-10-20(11-15-30)25(32)28-13-9-19-5-3-4-6-21(19)27/h3-8,12,16-17,20H,9-11,13-15H2,1-2H3,(H,28,32). The van der Waals surface area contributed by atoms with Gasteiger partial charge in [-0.05, 0) is 61.6 Å². The van der Waals surface area contributed by atoms with Crippen LogP contribution in [0.15, 0.2) is 54.7 Å². The van der Waals surface area contributed by atoms with Crippen molar-refractivity contribution < 1.29 is 18.7 Å². The molecule has 2 amide bonds. The highest BCUT2D eigenvalue weighted by Crippen LogP contribution is 2.24. The molecule has 3 aromatic rings. The summed E-state index contributed by atoms with van der Waals surface area (Å²) in [7, 11) is 1.60. The Morgan fingerprint density at radius 2 is 1.91 bits per heavy atom. The molecule has 0 radical (unpaired) electrons. The number of carbonyl (C=O) groups is 2. The van der Waals surface area contributed by atoms with Crippen LogP contribution in [0.2, 0.25) is 0 Å². The molecule has 0 aliphatic carbocycles. The van der Waals surface area contributed by atoms with E-state index in [0.717, 1.165) is 11.3 Å². The molecule has 1 aromatic heterocycles. The number of aryl methyl sites for hydroxylation is 1. The Bertz CT molecular complexity index is 1170. The predicted molar refractivity (Wildman–Crippen MR) is 127 cm³/mol. The fourth-order valence-corrected chi connectivity index (χ4v) is 4.22. The Morgan fingerprint density at radius 3 is 2.65 bits per heavy atom. The van der Waals surface area contributed by atoms with Crippen molar-refractivity contribution >= 4 is 11.8 Å². The number of piperidine rings is 1. The van der Waals surface area contributed by atoms with Crippen molar-refractivity contribution in [3.05, 3.63) is 77.4 Å². The van der Waals surface area contributed by atoms with Gasteiger partial charge in [0.1, 0.15) is 17.3 Å². The van der Waals surface area contributed by atoms with Crippen LogP contribution in [0.25, 0.3) is 5.69 Å². The van der Waals surface area contributed by atoms with Gasteiger partial charge in [-0.3, -0.25) is 9.59 Å². The fraction of sp³-hybridized carbons (Fsp3) is 0.346. The van der Waals surface area contributed by atoms with Gasteiger partial charge in [0.05, 0.1) is 7.11 Å². The van der Waals surface area contributed by atoms with Crippen LogP contribution in [0, 0.1) is 18.7 Å². The number of nitrogens with zero attached hydrogens (tertiary/aromatic N) is 3. The first-order valence-electron chi connectivity index (χ1n) is 11.5. The molecule has 0 bridgehead atoms. The Balaban J connectivity index is 1.30. The van der Waals surface area contributed by atoms with E-state index in [1.165, 1.54) is 6.07 Å². The highest BCUT2D eigenvalue weighted by Gasteiger charge is 2.28. The number of aromatic nitrogens is 2. The molecule has 1 N–H and O–H groups in total. The summed E-state index contributed by atoms with van der Waals surface area (Å²) in [6, 6.07) is 14.1. The molecule has 2 aromatic carbocycles. The van der Waals surface area contributed by atoms with Crippen LogP contribution in [0.5, 0.6) is 5.75 Å². The van der Waals surface area contributed by atoms with Crippen LogP contribution in [0.3, 0.4) is 0 Å². The molecule has 2 heterocycles. The average Bonchev–Trinajstić information content (AvgIpc) is 3.35. The van der Waals surface area contributed by atoms with Crippen LogP contribution < -0.4 is 10.1 Å². The van der Waals surface area contributed by atoms with E-state index in [-0.39, 0.29) is 23.5 Å². The minimum Gasteiger partial charge on any atom is -0.494 e. The lowest BCUT2D eigenvalue weighted by atomic mass is 9.95. The van der Waals surface area contributed by atoms with E-state index in [2.05, 4.69) is 10.4 Å². The molecular formula is C26H29FN4O3. The normalized spacial score (nSPS) is 14.1. The first kappa shape index (κ1) is 23.5. The van der Waals surface area contributed by atoms with Crippen LogP contribution in [0.4, 0.5) is 4.39 Å². The molecule has 0 spiro atoms. The van der Waals surface area contributed by atoms with Crippen molar-refractivity contribution in [1.29, 1.82) is 0 Å². The lowest BCUT2D eigenvalue weighted by Crippen LogP contribution is -2.43. The molecule has 0 saturated carbocycles. The van der Waals surface area contributed by atoms with Crippen LogP contribution >= 0.6 is 0 Å². The zero-order valence-electron chi connectivity index (χ0n) is 19.5. The van der Waals surface area contributed by atoms with Crippen LogP contribution in [-0.4, -0.2) is 53.2 Å². The molecule has 1 fully saturated rings. The van der Waals surface area contributed by atoms with Gasteiger partial charge in [-0.25, -0.2) is 9.07 Å². The topological polar surface area (TPSA) is 76.5 Å². The molecule has 1 saturated heterocycles. The third-order valence-corrected chi connectivity index (χ3v) is 6.19. The molecule has 4 rings (SSSR count). The lowest BCUT2D eigenvalue weighted by Gasteiger charge is -2.30. The van der Waals surface area contributed by atoms with E-state index in [1.807, 2.05) is 25.1 Å². The third kappa shape index (κ3) is 5.27. The van der Waals surface area contributed by atoms with Gasteiger partial charge in [-0.2, -0.15) is 5.10 Å². The van der Waals surface area contributed by atoms with E-state index in [9.17, 15) is 14.0 Å². The highest BCUT2D eigenvalue weighted by atomic mass is 19.1. The zero-order chi connectivity index (χ0) is 24.1. The summed E-state index contributed by atoms with van der Waals surface area (Å²) in [5, 5.41) is 7.38. The maximum absolute atomic E-state index is 13.7. The number of rotatable bonds is 7. The molecular weight excluding hydrogens is 435 g/mol. The summed E-state index contributed by atoms with van der Waals surface area (Å²) in [5.41, 5.74) is 2.78. The highest BCUT2D eigenvalue weighted by molar-refractivity contribution is 5.92. The Labute approximate surface area is 198 Å². The Kier molecular flexibility index (Phi) is 7.25. The maximum Gasteiger partial charge on any atom is 0.274 e. The van der Waals surface area contributed by atoms with Crippen molar-refractivity contribution in [2.45, 2.75) is 26.2 Å². The first-order valence-corrected chi connectivity index (χ1v) is 11.5. The van der Waals surface area contributed by atoms with Crippen molar-refractivity contribution in [3.63, 3.8) is 0 Å². The maximum atomic E-state index is 13.7. The quantitative estimate of drug-likeness (QED) is 0.580. The minimum atomic E-state index is -0.258. The molecule has 178 valence electrons. The van der Waals surface area contributed by atoms with E-state index in [0.29, 0.717) is 55.9 Å². The number of halogens is 1. The second-order valence-electron chi connectivity index (χ2n) is 8.52.